The van der Waals surface area contributed by atoms with E-state index < -0.39 is 0 Å². The van der Waals surface area contributed by atoms with Gasteiger partial charge in [-0.15, -0.1) is 12.4 Å². The first-order valence-electron chi connectivity index (χ1n) is 6.83. The number of likely N-dealkylation sites (tertiary alicyclic amines) is 1. The number of nitrogens with zero attached hydrogens (tertiary/aromatic N) is 2. The smallest absolute Gasteiger partial charge is 0.276 e. The number of rotatable bonds is 3. The lowest BCUT2D eigenvalue weighted by molar-refractivity contribution is 0.0731. The first-order chi connectivity index (χ1) is 9.79. The van der Waals surface area contributed by atoms with Crippen LogP contribution in [0.5, 0.6) is 0 Å². The first-order valence-corrected chi connectivity index (χ1v) is 6.83. The molecule has 5 nitrogen and oxygen atoms in total. The topological polar surface area (TPSA) is 72.4 Å². The third-order valence-electron chi connectivity index (χ3n) is 3.70. The Hall–Kier alpha value is -1.85. The summed E-state index contributed by atoms with van der Waals surface area (Å²) in [7, 11) is 0. The monoisotopic (exact) mass is 307 g/mol. The van der Waals surface area contributed by atoms with Crippen molar-refractivity contribution in [2.24, 2.45) is 5.73 Å². The lowest BCUT2D eigenvalue weighted by Gasteiger charge is -2.21. The fraction of sp³-hybridized carbons (Fsp3) is 0.333. The number of halogens is 1. The molecule has 2 N–H and O–H groups in total. The highest BCUT2D eigenvalue weighted by Crippen LogP contribution is 2.23. The third-order valence-corrected chi connectivity index (χ3v) is 3.70. The van der Waals surface area contributed by atoms with Crippen molar-refractivity contribution in [1.82, 2.24) is 10.1 Å². The molecule has 21 heavy (non-hydrogen) atoms. The van der Waals surface area contributed by atoms with Crippen LogP contribution < -0.4 is 5.73 Å². The van der Waals surface area contributed by atoms with E-state index >= 15 is 0 Å². The van der Waals surface area contributed by atoms with Gasteiger partial charge in [0.25, 0.3) is 5.91 Å². The molecule has 1 atom stereocenters. The van der Waals surface area contributed by atoms with Gasteiger partial charge in [0.05, 0.1) is 0 Å². The van der Waals surface area contributed by atoms with Gasteiger partial charge in [0.2, 0.25) is 0 Å². The van der Waals surface area contributed by atoms with E-state index in [2.05, 4.69) is 5.16 Å². The number of amides is 1. The van der Waals surface area contributed by atoms with Crippen LogP contribution in [-0.4, -0.2) is 35.1 Å². The molecule has 2 aromatic rings. The average Bonchev–Trinajstić information content (AvgIpc) is 3.16. The molecule has 1 aromatic carbocycles. The quantitative estimate of drug-likeness (QED) is 0.944. The van der Waals surface area contributed by atoms with Crippen molar-refractivity contribution in [2.75, 3.05) is 13.1 Å². The predicted octanol–water partition coefficient (Wildman–Crippen LogP) is 2.33. The molecular formula is C15H18ClN3O2. The van der Waals surface area contributed by atoms with Crippen LogP contribution in [-0.2, 0) is 0 Å². The summed E-state index contributed by atoms with van der Waals surface area (Å²) in [5, 5.41) is 3.90. The number of benzene rings is 1. The molecule has 2 heterocycles. The molecule has 1 amide bonds. The number of hydrogen-bond acceptors (Lipinski definition) is 4. The van der Waals surface area contributed by atoms with E-state index in [9.17, 15) is 4.79 Å². The summed E-state index contributed by atoms with van der Waals surface area (Å²) in [6.45, 7) is 1.24. The lowest BCUT2D eigenvalue weighted by atomic mass is 10.1. The Balaban J connectivity index is 0.00000161. The van der Waals surface area contributed by atoms with Crippen molar-refractivity contribution < 1.29 is 9.32 Å². The Morgan fingerprint density at radius 1 is 1.38 bits per heavy atom. The van der Waals surface area contributed by atoms with Crippen LogP contribution in [0.25, 0.3) is 11.3 Å². The fourth-order valence-corrected chi connectivity index (χ4v) is 2.61. The van der Waals surface area contributed by atoms with E-state index in [1.165, 1.54) is 0 Å². The van der Waals surface area contributed by atoms with Crippen molar-refractivity contribution in [2.45, 2.75) is 18.9 Å². The number of nitrogens with two attached hydrogens (primary N) is 1. The van der Waals surface area contributed by atoms with Crippen molar-refractivity contribution in [3.63, 3.8) is 0 Å². The number of carbonyl (C=O) groups is 1. The van der Waals surface area contributed by atoms with Gasteiger partial charge in [0.15, 0.2) is 11.5 Å². The molecule has 1 aliphatic heterocycles. The Bertz CT molecular complexity index is 600. The van der Waals surface area contributed by atoms with Crippen molar-refractivity contribution in [3.8, 4) is 11.3 Å². The van der Waals surface area contributed by atoms with Gasteiger partial charge in [-0.05, 0) is 12.8 Å². The van der Waals surface area contributed by atoms with E-state index in [4.69, 9.17) is 10.3 Å². The Morgan fingerprint density at radius 2 is 2.14 bits per heavy atom. The predicted molar refractivity (Wildman–Crippen MR) is 82.3 cm³/mol. The maximum atomic E-state index is 12.4. The molecular weight excluding hydrogens is 290 g/mol. The van der Waals surface area contributed by atoms with Gasteiger partial charge in [0, 0.05) is 30.8 Å². The normalized spacial score (nSPS) is 17.6. The molecule has 1 saturated heterocycles. The first kappa shape index (κ1) is 15.5. The molecule has 1 unspecified atom stereocenters. The van der Waals surface area contributed by atoms with E-state index in [-0.39, 0.29) is 24.4 Å². The second kappa shape index (κ2) is 6.74. The molecule has 3 rings (SSSR count). The Morgan fingerprint density at radius 3 is 2.86 bits per heavy atom. The van der Waals surface area contributed by atoms with Crippen LogP contribution in [0, 0.1) is 0 Å². The summed E-state index contributed by atoms with van der Waals surface area (Å²) in [5.74, 6) is 0.515. The maximum absolute atomic E-state index is 12.4. The van der Waals surface area contributed by atoms with E-state index in [0.717, 1.165) is 24.9 Å². The Kier molecular flexibility index (Phi) is 4.98. The minimum atomic E-state index is -0.0936. The van der Waals surface area contributed by atoms with Crippen molar-refractivity contribution >= 4 is 18.3 Å². The van der Waals surface area contributed by atoms with Gasteiger partial charge in [-0.2, -0.15) is 0 Å². The van der Waals surface area contributed by atoms with Gasteiger partial charge in [-0.3, -0.25) is 4.79 Å². The molecule has 1 aromatic heterocycles. The molecule has 0 saturated carbocycles. The summed E-state index contributed by atoms with van der Waals surface area (Å²) in [5.41, 5.74) is 6.96. The van der Waals surface area contributed by atoms with Gasteiger partial charge < -0.3 is 15.2 Å². The van der Waals surface area contributed by atoms with Crippen LogP contribution in [0.2, 0.25) is 0 Å². The van der Waals surface area contributed by atoms with Crippen LogP contribution >= 0.6 is 12.4 Å². The molecule has 6 heteroatoms. The minimum Gasteiger partial charge on any atom is -0.355 e. The summed E-state index contributed by atoms with van der Waals surface area (Å²) >= 11 is 0. The number of aromatic nitrogens is 1. The van der Waals surface area contributed by atoms with Gasteiger partial charge in [0.1, 0.15) is 0 Å². The van der Waals surface area contributed by atoms with Gasteiger partial charge in [-0.25, -0.2) is 0 Å². The highest BCUT2D eigenvalue weighted by atomic mass is 35.5. The number of hydrogen-bond donors (Lipinski definition) is 1. The molecule has 0 radical (unpaired) electrons. The highest BCUT2D eigenvalue weighted by Gasteiger charge is 2.30. The molecule has 1 aliphatic rings. The van der Waals surface area contributed by atoms with E-state index in [1.807, 2.05) is 30.3 Å². The maximum Gasteiger partial charge on any atom is 0.276 e. The van der Waals surface area contributed by atoms with Gasteiger partial charge >= 0.3 is 0 Å². The second-order valence-electron chi connectivity index (χ2n) is 4.97. The summed E-state index contributed by atoms with van der Waals surface area (Å²) in [4.78, 5) is 14.2. The van der Waals surface area contributed by atoms with Crippen LogP contribution in [0.3, 0.4) is 0 Å². The standard InChI is InChI=1S/C15H17N3O2.ClH/c16-10-12-7-4-8-18(12)15(19)13-9-14(20-17-13)11-5-2-1-3-6-11;/h1-3,5-6,9,12H,4,7-8,10,16H2;1H. The van der Waals surface area contributed by atoms with Crippen LogP contribution in [0.15, 0.2) is 40.9 Å². The zero-order chi connectivity index (χ0) is 13.9. The SMILES string of the molecule is Cl.NCC1CCCN1C(=O)c1cc(-c2ccccc2)on1. The largest absolute Gasteiger partial charge is 0.355 e. The molecule has 112 valence electrons. The summed E-state index contributed by atoms with van der Waals surface area (Å²) < 4.78 is 5.27. The fourth-order valence-electron chi connectivity index (χ4n) is 2.61. The van der Waals surface area contributed by atoms with E-state index in [1.54, 1.807) is 11.0 Å². The molecule has 0 bridgehead atoms. The van der Waals surface area contributed by atoms with E-state index in [0.29, 0.717) is 18.0 Å². The van der Waals surface area contributed by atoms with Crippen molar-refractivity contribution in [1.29, 1.82) is 0 Å². The average molecular weight is 308 g/mol. The third kappa shape index (κ3) is 3.09. The zero-order valence-electron chi connectivity index (χ0n) is 11.6. The Labute approximate surface area is 129 Å². The zero-order valence-corrected chi connectivity index (χ0v) is 12.4. The molecule has 0 aliphatic carbocycles. The van der Waals surface area contributed by atoms with Crippen LogP contribution in [0.4, 0.5) is 0 Å². The van der Waals surface area contributed by atoms with Gasteiger partial charge in [-0.1, -0.05) is 35.5 Å². The summed E-state index contributed by atoms with van der Waals surface area (Å²) in [6.07, 6.45) is 1.96. The lowest BCUT2D eigenvalue weighted by Crippen LogP contribution is -2.40. The minimum absolute atomic E-state index is 0. The molecule has 0 spiro atoms. The van der Waals surface area contributed by atoms with Crippen LogP contribution in [0.1, 0.15) is 23.3 Å². The highest BCUT2D eigenvalue weighted by molar-refractivity contribution is 5.93. The number of carbonyl (C=O) groups excluding carboxylic acids is 1. The summed E-state index contributed by atoms with van der Waals surface area (Å²) in [6, 6.07) is 11.4. The second-order valence-corrected chi connectivity index (χ2v) is 4.97. The molecule has 1 fully saturated rings. The van der Waals surface area contributed by atoms with Crippen molar-refractivity contribution in [3.05, 3.63) is 42.1 Å².